The highest BCUT2D eigenvalue weighted by Gasteiger charge is 1.97. The van der Waals surface area contributed by atoms with Crippen molar-refractivity contribution in [2.24, 2.45) is 0 Å². The third-order valence-corrected chi connectivity index (χ3v) is 2.01. The van der Waals surface area contributed by atoms with E-state index in [1.54, 1.807) is 24.3 Å². The van der Waals surface area contributed by atoms with Crippen LogP contribution in [-0.4, -0.2) is 16.8 Å². The molecule has 0 aromatic heterocycles. The lowest BCUT2D eigenvalue weighted by Gasteiger charge is -2.01. The molecule has 1 aromatic carbocycles. The Morgan fingerprint density at radius 2 is 2.12 bits per heavy atom. The number of phenolic OH excluding ortho intramolecular Hbond substituents is 1. The molecular weight excluding hydrogens is 200 g/mol. The van der Waals surface area contributed by atoms with Crippen molar-refractivity contribution < 1.29 is 10.2 Å². The van der Waals surface area contributed by atoms with E-state index in [1.165, 1.54) is 0 Å². The number of hydrogen-bond acceptors (Lipinski definition) is 2. The first-order valence-corrected chi connectivity index (χ1v) is 5.07. The average Bonchev–Trinajstić information content (AvgIpc) is 2.26. The van der Waals surface area contributed by atoms with Crippen LogP contribution < -0.4 is 0 Å². The first kappa shape index (κ1) is 12.3. The number of aliphatic hydroxyl groups excluding tert-OH is 1. The molecule has 0 saturated carbocycles. The van der Waals surface area contributed by atoms with Gasteiger partial charge in [-0.1, -0.05) is 42.5 Å². The Balaban J connectivity index is 2.99. The van der Waals surface area contributed by atoms with E-state index in [-0.39, 0.29) is 12.4 Å². The smallest absolute Gasteiger partial charge is 0.122 e. The molecule has 0 spiro atoms. The van der Waals surface area contributed by atoms with Gasteiger partial charge in [-0.15, -0.1) is 0 Å². The molecule has 0 atom stereocenters. The molecule has 1 rings (SSSR count). The second-order valence-electron chi connectivity index (χ2n) is 3.58. The molecular formula is C14H16O2. The maximum Gasteiger partial charge on any atom is 0.122 e. The van der Waals surface area contributed by atoms with Crippen LogP contribution in [0.3, 0.4) is 0 Å². The molecule has 0 aliphatic rings. The SMILES string of the molecule is C=C(C)C=Cc1cc(C=CCO)ccc1O. The Labute approximate surface area is 95.9 Å². The predicted octanol–water partition coefficient (Wildman–Crippen LogP) is 2.99. The summed E-state index contributed by atoms with van der Waals surface area (Å²) < 4.78 is 0. The van der Waals surface area contributed by atoms with Crippen LogP contribution in [0.25, 0.3) is 12.2 Å². The van der Waals surface area contributed by atoms with Crippen molar-refractivity contribution in [3.63, 3.8) is 0 Å². The molecule has 2 nitrogen and oxygen atoms in total. The van der Waals surface area contributed by atoms with Gasteiger partial charge in [-0.2, -0.15) is 0 Å². The van der Waals surface area contributed by atoms with E-state index < -0.39 is 0 Å². The standard InChI is InChI=1S/C14H16O2/c1-11(2)5-7-13-10-12(4-3-9-15)6-8-14(13)16/h3-8,10,15-16H,1,9H2,2H3. The summed E-state index contributed by atoms with van der Waals surface area (Å²) >= 11 is 0. The highest BCUT2D eigenvalue weighted by Crippen LogP contribution is 2.21. The second kappa shape index (κ2) is 5.93. The fourth-order valence-electron chi connectivity index (χ4n) is 1.23. The van der Waals surface area contributed by atoms with Crippen molar-refractivity contribution in [3.05, 3.63) is 53.6 Å². The summed E-state index contributed by atoms with van der Waals surface area (Å²) in [5.41, 5.74) is 2.60. The number of allylic oxidation sites excluding steroid dienone is 2. The number of phenols is 1. The van der Waals surface area contributed by atoms with Gasteiger partial charge in [-0.25, -0.2) is 0 Å². The number of hydrogen-bond donors (Lipinski definition) is 2. The highest BCUT2D eigenvalue weighted by atomic mass is 16.3. The van der Waals surface area contributed by atoms with Crippen LogP contribution in [0.2, 0.25) is 0 Å². The van der Waals surface area contributed by atoms with Crippen LogP contribution in [-0.2, 0) is 0 Å². The largest absolute Gasteiger partial charge is 0.507 e. The molecule has 84 valence electrons. The van der Waals surface area contributed by atoms with Crippen LogP contribution in [0.5, 0.6) is 5.75 Å². The third kappa shape index (κ3) is 3.75. The average molecular weight is 216 g/mol. The van der Waals surface area contributed by atoms with Gasteiger partial charge in [0.25, 0.3) is 0 Å². The van der Waals surface area contributed by atoms with Gasteiger partial charge in [0.15, 0.2) is 0 Å². The zero-order valence-corrected chi connectivity index (χ0v) is 9.35. The van der Waals surface area contributed by atoms with E-state index in [2.05, 4.69) is 6.58 Å². The quantitative estimate of drug-likeness (QED) is 0.759. The zero-order chi connectivity index (χ0) is 12.0. The lowest BCUT2D eigenvalue weighted by molar-refractivity contribution is 0.343. The molecule has 0 aliphatic carbocycles. The van der Waals surface area contributed by atoms with E-state index in [0.29, 0.717) is 0 Å². The number of benzene rings is 1. The maximum absolute atomic E-state index is 9.62. The lowest BCUT2D eigenvalue weighted by Crippen LogP contribution is -1.79. The Kier molecular flexibility index (Phi) is 4.55. The van der Waals surface area contributed by atoms with Gasteiger partial charge in [0.1, 0.15) is 5.75 Å². The molecule has 0 saturated heterocycles. The number of aliphatic hydroxyl groups is 1. The minimum absolute atomic E-state index is 0.0117. The van der Waals surface area contributed by atoms with Crippen LogP contribution in [0.1, 0.15) is 18.1 Å². The first-order valence-electron chi connectivity index (χ1n) is 5.07. The van der Waals surface area contributed by atoms with E-state index in [9.17, 15) is 5.11 Å². The second-order valence-corrected chi connectivity index (χ2v) is 3.58. The van der Waals surface area contributed by atoms with Crippen molar-refractivity contribution in [2.45, 2.75) is 6.92 Å². The van der Waals surface area contributed by atoms with Crippen molar-refractivity contribution in [1.29, 1.82) is 0 Å². The summed E-state index contributed by atoms with van der Waals surface area (Å²) in [6.45, 7) is 5.66. The van der Waals surface area contributed by atoms with Crippen molar-refractivity contribution in [3.8, 4) is 5.75 Å². The van der Waals surface area contributed by atoms with Gasteiger partial charge in [-0.3, -0.25) is 0 Å². The fraction of sp³-hybridized carbons (Fsp3) is 0.143. The molecule has 1 aromatic rings. The van der Waals surface area contributed by atoms with Gasteiger partial charge in [-0.05, 0) is 24.6 Å². The molecule has 0 bridgehead atoms. The molecule has 0 unspecified atom stereocenters. The predicted molar refractivity (Wildman–Crippen MR) is 68.1 cm³/mol. The highest BCUT2D eigenvalue weighted by molar-refractivity contribution is 5.64. The summed E-state index contributed by atoms with van der Waals surface area (Å²) in [5, 5.41) is 18.3. The van der Waals surface area contributed by atoms with Gasteiger partial charge in [0.05, 0.1) is 6.61 Å². The summed E-state index contributed by atoms with van der Waals surface area (Å²) in [5.74, 6) is 0.235. The molecule has 0 radical (unpaired) electrons. The Morgan fingerprint density at radius 3 is 2.75 bits per heavy atom. The van der Waals surface area contributed by atoms with Gasteiger partial charge in [0.2, 0.25) is 0 Å². The van der Waals surface area contributed by atoms with Crippen molar-refractivity contribution in [1.82, 2.24) is 0 Å². The van der Waals surface area contributed by atoms with Crippen LogP contribution in [0, 0.1) is 0 Å². The summed E-state index contributed by atoms with van der Waals surface area (Å²) in [6, 6.07) is 5.27. The van der Waals surface area contributed by atoms with E-state index >= 15 is 0 Å². The molecule has 2 heteroatoms. The van der Waals surface area contributed by atoms with E-state index in [0.717, 1.165) is 16.7 Å². The lowest BCUT2D eigenvalue weighted by atomic mass is 10.1. The van der Waals surface area contributed by atoms with Crippen LogP contribution in [0.4, 0.5) is 0 Å². The Bertz CT molecular complexity index is 428. The molecule has 0 fully saturated rings. The summed E-state index contributed by atoms with van der Waals surface area (Å²) in [4.78, 5) is 0. The Morgan fingerprint density at radius 1 is 1.38 bits per heavy atom. The molecule has 0 amide bonds. The monoisotopic (exact) mass is 216 g/mol. The van der Waals surface area contributed by atoms with Gasteiger partial charge in [0, 0.05) is 5.56 Å². The summed E-state index contributed by atoms with van der Waals surface area (Å²) in [6.07, 6.45) is 7.11. The molecule has 0 aliphatic heterocycles. The minimum atomic E-state index is 0.0117. The fourth-order valence-corrected chi connectivity index (χ4v) is 1.23. The van der Waals surface area contributed by atoms with Gasteiger partial charge >= 0.3 is 0 Å². The van der Waals surface area contributed by atoms with Crippen molar-refractivity contribution in [2.75, 3.05) is 6.61 Å². The molecule has 16 heavy (non-hydrogen) atoms. The van der Waals surface area contributed by atoms with Gasteiger partial charge < -0.3 is 10.2 Å². The topological polar surface area (TPSA) is 40.5 Å². The number of rotatable bonds is 4. The van der Waals surface area contributed by atoms with E-state index in [1.807, 2.05) is 25.1 Å². The first-order chi connectivity index (χ1) is 7.63. The molecule has 2 N–H and O–H groups in total. The summed E-state index contributed by atoms with van der Waals surface area (Å²) in [7, 11) is 0. The number of aromatic hydroxyl groups is 1. The normalized spacial score (nSPS) is 11.4. The zero-order valence-electron chi connectivity index (χ0n) is 9.35. The minimum Gasteiger partial charge on any atom is -0.507 e. The van der Waals surface area contributed by atoms with E-state index in [4.69, 9.17) is 5.11 Å². The maximum atomic E-state index is 9.62. The van der Waals surface area contributed by atoms with Crippen LogP contribution >= 0.6 is 0 Å². The third-order valence-electron chi connectivity index (χ3n) is 2.01. The van der Waals surface area contributed by atoms with Crippen molar-refractivity contribution >= 4 is 12.2 Å². The Hall–Kier alpha value is -1.80. The molecule has 0 heterocycles. The van der Waals surface area contributed by atoms with Crippen LogP contribution in [0.15, 0.2) is 42.5 Å².